The van der Waals surface area contributed by atoms with Crippen molar-refractivity contribution in [1.29, 1.82) is 0 Å². The van der Waals surface area contributed by atoms with E-state index in [-0.39, 0.29) is 5.97 Å². The van der Waals surface area contributed by atoms with Crippen molar-refractivity contribution in [2.75, 3.05) is 0 Å². The number of ether oxygens (including phenoxy) is 2. The number of carbonyl (C=O) groups is 2. The molecular formula is C20H20O4. The monoisotopic (exact) mass is 324 g/mol. The zero-order valence-electron chi connectivity index (χ0n) is 14.0. The molecular weight excluding hydrogens is 304 g/mol. The molecule has 0 fully saturated rings. The Balaban J connectivity index is 2.29. The van der Waals surface area contributed by atoms with Crippen LogP contribution in [-0.4, -0.2) is 11.9 Å². The van der Waals surface area contributed by atoms with Gasteiger partial charge < -0.3 is 9.47 Å². The Hall–Kier alpha value is -2.62. The molecule has 4 nitrogen and oxygen atoms in total. The van der Waals surface area contributed by atoms with E-state index in [0.717, 1.165) is 47.6 Å². The fourth-order valence-corrected chi connectivity index (χ4v) is 3.17. The number of hydrogen-bond acceptors (Lipinski definition) is 4. The first-order valence-electron chi connectivity index (χ1n) is 8.11. The number of fused-ring (bicyclic) bond motifs is 2. The van der Waals surface area contributed by atoms with E-state index in [1.54, 1.807) is 6.92 Å². The van der Waals surface area contributed by atoms with Gasteiger partial charge in [0.2, 0.25) is 0 Å². The lowest BCUT2D eigenvalue weighted by Gasteiger charge is -2.24. The van der Waals surface area contributed by atoms with E-state index in [1.807, 2.05) is 24.3 Å². The van der Waals surface area contributed by atoms with E-state index in [1.165, 1.54) is 6.92 Å². The largest absolute Gasteiger partial charge is 0.426 e. The highest BCUT2D eigenvalue weighted by atomic mass is 16.5. The summed E-state index contributed by atoms with van der Waals surface area (Å²) in [6, 6.07) is 7.54. The predicted octanol–water partition coefficient (Wildman–Crippen LogP) is 4.13. The minimum Gasteiger partial charge on any atom is -0.426 e. The van der Waals surface area contributed by atoms with Crippen LogP contribution in [0.3, 0.4) is 0 Å². The molecule has 4 heteroatoms. The molecule has 0 unspecified atom stereocenters. The molecule has 0 saturated heterocycles. The van der Waals surface area contributed by atoms with E-state index in [2.05, 4.69) is 6.58 Å². The molecule has 1 aliphatic rings. The molecule has 0 saturated carbocycles. The second-order valence-electron chi connectivity index (χ2n) is 6.13. The van der Waals surface area contributed by atoms with Gasteiger partial charge in [0, 0.05) is 34.4 Å². The standard InChI is InChI=1S/C20H20O4/c1-12(2)20(22)24-19-16-10-6-4-8-14(16)18(23-13(3)21)15-9-5-7-11-17(15)19/h4,6,8,10H,1,5,7,9,11H2,2-3H3. The normalized spacial score (nSPS) is 13.2. The van der Waals surface area contributed by atoms with Crippen molar-refractivity contribution in [2.24, 2.45) is 0 Å². The summed E-state index contributed by atoms with van der Waals surface area (Å²) < 4.78 is 11.2. The second-order valence-corrected chi connectivity index (χ2v) is 6.13. The molecule has 0 atom stereocenters. The third kappa shape index (κ3) is 2.92. The van der Waals surface area contributed by atoms with Gasteiger partial charge in [-0.2, -0.15) is 0 Å². The number of carbonyl (C=O) groups excluding carboxylic acids is 2. The molecule has 2 aromatic carbocycles. The molecule has 2 aromatic rings. The number of esters is 2. The molecule has 0 amide bonds. The SMILES string of the molecule is C=C(C)C(=O)Oc1c2c(c(OC(C)=O)c3ccccc13)CCCC2. The van der Waals surface area contributed by atoms with Crippen LogP contribution in [0.5, 0.6) is 11.5 Å². The number of rotatable bonds is 3. The molecule has 24 heavy (non-hydrogen) atoms. The lowest BCUT2D eigenvalue weighted by molar-refractivity contribution is -0.132. The summed E-state index contributed by atoms with van der Waals surface area (Å²) in [7, 11) is 0. The molecule has 0 radical (unpaired) electrons. The van der Waals surface area contributed by atoms with Crippen LogP contribution in [0.15, 0.2) is 36.4 Å². The maximum atomic E-state index is 12.1. The lowest BCUT2D eigenvalue weighted by atomic mass is 9.87. The third-order valence-electron chi connectivity index (χ3n) is 4.22. The zero-order chi connectivity index (χ0) is 17.3. The average molecular weight is 324 g/mol. The Labute approximate surface area is 141 Å². The van der Waals surface area contributed by atoms with Crippen LogP contribution in [0.25, 0.3) is 10.8 Å². The molecule has 0 aromatic heterocycles. The molecule has 1 aliphatic carbocycles. The van der Waals surface area contributed by atoms with Gasteiger partial charge in [0.15, 0.2) is 0 Å². The average Bonchev–Trinajstić information content (AvgIpc) is 2.57. The molecule has 0 N–H and O–H groups in total. The van der Waals surface area contributed by atoms with E-state index in [0.29, 0.717) is 17.1 Å². The quantitative estimate of drug-likeness (QED) is 0.484. The van der Waals surface area contributed by atoms with Gasteiger partial charge in [-0.05, 0) is 32.6 Å². The van der Waals surface area contributed by atoms with E-state index < -0.39 is 5.97 Å². The molecule has 124 valence electrons. The van der Waals surface area contributed by atoms with Crippen LogP contribution in [0.2, 0.25) is 0 Å². The summed E-state index contributed by atoms with van der Waals surface area (Å²) >= 11 is 0. The van der Waals surface area contributed by atoms with Crippen molar-refractivity contribution in [1.82, 2.24) is 0 Å². The predicted molar refractivity (Wildman–Crippen MR) is 92.3 cm³/mol. The Bertz CT molecular complexity index is 848. The molecule has 0 spiro atoms. The third-order valence-corrected chi connectivity index (χ3v) is 4.22. The summed E-state index contributed by atoms with van der Waals surface area (Å²) in [4.78, 5) is 23.7. The van der Waals surface area contributed by atoms with Crippen LogP contribution in [-0.2, 0) is 22.4 Å². The summed E-state index contributed by atoms with van der Waals surface area (Å²) in [5, 5.41) is 1.57. The Kier molecular flexibility index (Phi) is 4.38. The van der Waals surface area contributed by atoms with Gasteiger partial charge in [-0.1, -0.05) is 30.8 Å². The van der Waals surface area contributed by atoms with Crippen molar-refractivity contribution in [3.8, 4) is 11.5 Å². The molecule has 3 rings (SSSR count). The maximum absolute atomic E-state index is 12.1. The van der Waals surface area contributed by atoms with Gasteiger partial charge in [-0.25, -0.2) is 4.79 Å². The summed E-state index contributed by atoms with van der Waals surface area (Å²) in [5.41, 5.74) is 2.29. The van der Waals surface area contributed by atoms with Crippen molar-refractivity contribution in [3.05, 3.63) is 47.5 Å². The van der Waals surface area contributed by atoms with Gasteiger partial charge >= 0.3 is 11.9 Å². The molecule has 0 heterocycles. The number of hydrogen-bond donors (Lipinski definition) is 0. The van der Waals surface area contributed by atoms with Gasteiger partial charge in [0.05, 0.1) is 0 Å². The highest BCUT2D eigenvalue weighted by molar-refractivity contribution is 6.00. The lowest BCUT2D eigenvalue weighted by Crippen LogP contribution is -2.15. The van der Waals surface area contributed by atoms with E-state index in [9.17, 15) is 9.59 Å². The Morgan fingerprint density at radius 3 is 1.88 bits per heavy atom. The molecule has 0 aliphatic heterocycles. The topological polar surface area (TPSA) is 52.6 Å². The van der Waals surface area contributed by atoms with Gasteiger partial charge in [0.25, 0.3) is 0 Å². The highest BCUT2D eigenvalue weighted by Crippen LogP contribution is 2.44. The Morgan fingerprint density at radius 2 is 1.42 bits per heavy atom. The number of benzene rings is 2. The van der Waals surface area contributed by atoms with Gasteiger partial charge in [-0.3, -0.25) is 4.79 Å². The van der Waals surface area contributed by atoms with Crippen molar-refractivity contribution in [2.45, 2.75) is 39.5 Å². The summed E-state index contributed by atoms with van der Waals surface area (Å²) in [6.07, 6.45) is 3.64. The zero-order valence-corrected chi connectivity index (χ0v) is 14.0. The van der Waals surface area contributed by atoms with Crippen molar-refractivity contribution in [3.63, 3.8) is 0 Å². The smallest absolute Gasteiger partial charge is 0.338 e. The first kappa shape index (κ1) is 16.2. The molecule has 0 bridgehead atoms. The minimum absolute atomic E-state index is 0.348. The maximum Gasteiger partial charge on any atom is 0.338 e. The van der Waals surface area contributed by atoms with E-state index >= 15 is 0 Å². The van der Waals surface area contributed by atoms with E-state index in [4.69, 9.17) is 9.47 Å². The van der Waals surface area contributed by atoms with Gasteiger partial charge in [0.1, 0.15) is 11.5 Å². The Morgan fingerprint density at radius 1 is 0.917 bits per heavy atom. The minimum atomic E-state index is -0.437. The van der Waals surface area contributed by atoms with Crippen LogP contribution in [0.1, 0.15) is 37.8 Å². The second kappa shape index (κ2) is 6.48. The van der Waals surface area contributed by atoms with Crippen molar-refractivity contribution < 1.29 is 19.1 Å². The van der Waals surface area contributed by atoms with Crippen LogP contribution < -0.4 is 9.47 Å². The fourth-order valence-electron chi connectivity index (χ4n) is 3.17. The fraction of sp³-hybridized carbons (Fsp3) is 0.300. The highest BCUT2D eigenvalue weighted by Gasteiger charge is 2.25. The van der Waals surface area contributed by atoms with Crippen LogP contribution >= 0.6 is 0 Å². The summed E-state index contributed by atoms with van der Waals surface area (Å²) in [6.45, 7) is 6.69. The summed E-state index contributed by atoms with van der Waals surface area (Å²) in [5.74, 6) is 0.389. The first-order valence-corrected chi connectivity index (χ1v) is 8.11. The first-order chi connectivity index (χ1) is 11.5. The van der Waals surface area contributed by atoms with Crippen LogP contribution in [0, 0.1) is 0 Å². The van der Waals surface area contributed by atoms with Crippen LogP contribution in [0.4, 0.5) is 0 Å². The van der Waals surface area contributed by atoms with Gasteiger partial charge in [-0.15, -0.1) is 0 Å². The van der Waals surface area contributed by atoms with Crippen molar-refractivity contribution >= 4 is 22.7 Å².